The van der Waals surface area contributed by atoms with Crippen molar-refractivity contribution >= 4 is 35.3 Å². The van der Waals surface area contributed by atoms with Crippen LogP contribution in [0, 0.1) is 0 Å². The molecule has 0 bridgehead atoms. The molecular weight excluding hydrogens is 663 g/mol. The molecule has 0 aliphatic rings. The number of alkyl halides is 1. The molecule has 0 unspecified atom stereocenters. The molecule has 266 valence electrons. The summed E-state index contributed by atoms with van der Waals surface area (Å²) in [7, 11) is -4.88. The van der Waals surface area contributed by atoms with E-state index in [9.17, 15) is 14.2 Å². The number of hydrogen-bond acceptors (Lipinski definition) is 4. The average Bonchev–Trinajstić information content (AvgIpc) is 3.02. The van der Waals surface area contributed by atoms with Gasteiger partial charge in [-0.05, 0) is 37.8 Å². The molecule has 0 aromatic heterocycles. The number of ketones is 2. The smallest absolute Gasteiger partial charge is 0.303 e. The molecule has 0 saturated heterocycles. The Morgan fingerprint density at radius 3 is 1.17 bits per heavy atom. The van der Waals surface area contributed by atoms with E-state index in [2.05, 4.69) is 34.3 Å². The van der Waals surface area contributed by atoms with Gasteiger partial charge in [0, 0.05) is 0 Å². The first-order valence-electron chi connectivity index (χ1n) is 18.3. The molecular formula is C38H66BrO6P. The Morgan fingerprint density at radius 1 is 0.565 bits per heavy atom. The van der Waals surface area contributed by atoms with E-state index in [4.69, 9.17) is 9.79 Å². The van der Waals surface area contributed by atoms with Crippen molar-refractivity contribution in [2.24, 2.45) is 0 Å². The highest BCUT2D eigenvalue weighted by molar-refractivity contribution is 9.10. The average molecular weight is 730 g/mol. The van der Waals surface area contributed by atoms with Gasteiger partial charge in [0.2, 0.25) is 0 Å². The summed E-state index contributed by atoms with van der Waals surface area (Å²) in [6.45, 7) is 3.71. The molecule has 0 aromatic rings. The number of rotatable bonds is 33. The molecule has 0 atom stereocenters. The first-order chi connectivity index (χ1) is 22.2. The molecule has 0 heterocycles. The molecule has 0 saturated carbocycles. The molecule has 0 aliphatic carbocycles. The summed E-state index contributed by atoms with van der Waals surface area (Å²) in [5.41, 5.74) is 0. The fraction of sp³-hybridized carbons (Fsp3) is 0.737. The van der Waals surface area contributed by atoms with E-state index >= 15 is 0 Å². The zero-order valence-electron chi connectivity index (χ0n) is 29.1. The van der Waals surface area contributed by atoms with Gasteiger partial charge in [0.05, 0.1) is 6.61 Å². The lowest BCUT2D eigenvalue weighted by Gasteiger charge is -2.21. The Hall–Kier alpha value is -1.11. The highest BCUT2D eigenvalue weighted by Crippen LogP contribution is 2.39. The summed E-state index contributed by atoms with van der Waals surface area (Å²) in [6.07, 6.45) is 43.3. The lowest BCUT2D eigenvalue weighted by atomic mass is 9.98. The van der Waals surface area contributed by atoms with E-state index in [1.54, 1.807) is 24.3 Å². The molecule has 0 radical (unpaired) electrons. The standard InChI is InChI=1S/C38H66BrO6P/c1-3-5-7-9-11-13-15-17-19-21-23-25-27-29-31-33-36(40)38(39,35-45-46(42,43)44)37(41)34-32-30-28-26-24-22-20-18-16-14-12-10-8-6-4-2/h27-34H,3-26,35H2,1-2H3,(H2,42,43,44). The Labute approximate surface area is 290 Å². The maximum Gasteiger partial charge on any atom is 0.469 e. The first kappa shape index (κ1) is 44.9. The quantitative estimate of drug-likeness (QED) is 0.0174. The van der Waals surface area contributed by atoms with Crippen LogP contribution in [0.3, 0.4) is 0 Å². The molecule has 0 aliphatic heterocycles. The minimum Gasteiger partial charge on any atom is -0.303 e. The van der Waals surface area contributed by atoms with Gasteiger partial charge in [-0.1, -0.05) is 195 Å². The van der Waals surface area contributed by atoms with Crippen molar-refractivity contribution in [2.45, 2.75) is 172 Å². The summed E-state index contributed by atoms with van der Waals surface area (Å²) in [4.78, 5) is 44.2. The van der Waals surface area contributed by atoms with Crippen molar-refractivity contribution in [1.82, 2.24) is 0 Å². The van der Waals surface area contributed by atoms with Gasteiger partial charge in [0.25, 0.3) is 0 Å². The van der Waals surface area contributed by atoms with E-state index < -0.39 is 30.3 Å². The number of halogens is 1. The molecule has 0 aromatic carbocycles. The predicted octanol–water partition coefficient (Wildman–Crippen LogP) is 12.0. The molecule has 0 amide bonds. The van der Waals surface area contributed by atoms with Crippen LogP contribution >= 0.6 is 23.8 Å². The SMILES string of the molecule is CCCCCCCCCCCCCC=CC=CC(=O)C(Br)(COP(=O)(O)O)C(=O)C=CC=CCCCCCCCCCCCCC. The maximum atomic E-state index is 12.9. The number of hydrogen-bond donors (Lipinski definition) is 2. The number of unbranched alkanes of at least 4 members (excludes halogenated alkanes) is 22. The normalized spacial score (nSPS) is 13.9. The van der Waals surface area contributed by atoms with Gasteiger partial charge < -0.3 is 9.79 Å². The molecule has 6 nitrogen and oxygen atoms in total. The van der Waals surface area contributed by atoms with Crippen molar-refractivity contribution in [2.75, 3.05) is 6.61 Å². The highest BCUT2D eigenvalue weighted by atomic mass is 79.9. The minimum atomic E-state index is -4.88. The van der Waals surface area contributed by atoms with Crippen LogP contribution in [-0.2, 0) is 18.7 Å². The summed E-state index contributed by atoms with van der Waals surface area (Å²) >= 11 is 3.14. The Balaban J connectivity index is 4.45. The first-order valence-corrected chi connectivity index (χ1v) is 20.6. The third-order valence-electron chi connectivity index (χ3n) is 8.15. The van der Waals surface area contributed by atoms with E-state index in [-0.39, 0.29) is 0 Å². The number of carbonyl (C=O) groups is 2. The highest BCUT2D eigenvalue weighted by Gasteiger charge is 2.42. The Kier molecular flexibility index (Phi) is 30.4. The minimum absolute atomic E-state index is 0.639. The van der Waals surface area contributed by atoms with Crippen LogP contribution in [0.25, 0.3) is 0 Å². The van der Waals surface area contributed by atoms with Crippen molar-refractivity contribution in [3.8, 4) is 0 Å². The van der Waals surface area contributed by atoms with Gasteiger partial charge in [0.1, 0.15) is 0 Å². The second-order valence-corrected chi connectivity index (χ2v) is 15.1. The van der Waals surface area contributed by atoms with Crippen molar-refractivity contribution in [3.63, 3.8) is 0 Å². The lowest BCUT2D eigenvalue weighted by Crippen LogP contribution is -2.43. The van der Waals surface area contributed by atoms with Crippen LogP contribution in [-0.4, -0.2) is 32.3 Å². The van der Waals surface area contributed by atoms with Crippen LogP contribution in [0.5, 0.6) is 0 Å². The van der Waals surface area contributed by atoms with E-state index in [1.165, 1.54) is 141 Å². The summed E-state index contributed by atoms with van der Waals surface area (Å²) in [5, 5.41) is 0. The van der Waals surface area contributed by atoms with Crippen molar-refractivity contribution in [1.29, 1.82) is 0 Å². The van der Waals surface area contributed by atoms with Gasteiger partial charge in [-0.25, -0.2) is 4.57 Å². The molecule has 2 N–H and O–H groups in total. The number of allylic oxidation sites excluding steroid dienone is 8. The van der Waals surface area contributed by atoms with Crippen LogP contribution in [0.15, 0.2) is 48.6 Å². The topological polar surface area (TPSA) is 101 Å². The number of phosphoric acid groups is 1. The fourth-order valence-electron chi connectivity index (χ4n) is 5.19. The Bertz CT molecular complexity index is 862. The van der Waals surface area contributed by atoms with Crippen molar-refractivity contribution in [3.05, 3.63) is 48.6 Å². The van der Waals surface area contributed by atoms with Gasteiger partial charge >= 0.3 is 7.82 Å². The monoisotopic (exact) mass is 728 g/mol. The van der Waals surface area contributed by atoms with Gasteiger partial charge in [-0.15, -0.1) is 0 Å². The number of carbonyl (C=O) groups excluding carboxylic acids is 2. The second-order valence-electron chi connectivity index (χ2n) is 12.5. The molecule has 0 fully saturated rings. The summed E-state index contributed by atoms with van der Waals surface area (Å²) in [5.74, 6) is -1.28. The van der Waals surface area contributed by atoms with Crippen molar-refractivity contribution < 1.29 is 28.5 Å². The third kappa shape index (κ3) is 28.0. The van der Waals surface area contributed by atoms with Crippen LogP contribution in [0.2, 0.25) is 0 Å². The van der Waals surface area contributed by atoms with Crippen LogP contribution in [0.1, 0.15) is 168 Å². The molecule has 8 heteroatoms. The second kappa shape index (κ2) is 31.2. The van der Waals surface area contributed by atoms with E-state index in [0.29, 0.717) is 0 Å². The van der Waals surface area contributed by atoms with E-state index in [0.717, 1.165) is 25.7 Å². The molecule has 0 spiro atoms. The molecule has 46 heavy (non-hydrogen) atoms. The van der Waals surface area contributed by atoms with Crippen LogP contribution < -0.4 is 0 Å². The van der Waals surface area contributed by atoms with Crippen LogP contribution in [0.4, 0.5) is 0 Å². The fourth-order valence-corrected chi connectivity index (χ4v) is 6.11. The predicted molar refractivity (Wildman–Crippen MR) is 198 cm³/mol. The maximum absolute atomic E-state index is 12.9. The zero-order valence-corrected chi connectivity index (χ0v) is 31.6. The largest absolute Gasteiger partial charge is 0.469 e. The third-order valence-corrected chi connectivity index (χ3v) is 9.63. The number of phosphoric ester groups is 1. The van der Waals surface area contributed by atoms with E-state index in [1.807, 2.05) is 12.2 Å². The molecule has 0 rings (SSSR count). The van der Waals surface area contributed by atoms with Gasteiger partial charge in [0.15, 0.2) is 15.9 Å². The lowest BCUT2D eigenvalue weighted by molar-refractivity contribution is -0.126. The summed E-state index contributed by atoms with van der Waals surface area (Å²) in [6, 6.07) is 0. The summed E-state index contributed by atoms with van der Waals surface area (Å²) < 4.78 is 14.0. The zero-order chi connectivity index (χ0) is 34.2. The van der Waals surface area contributed by atoms with Gasteiger partial charge in [-0.3, -0.25) is 14.1 Å². The Morgan fingerprint density at radius 2 is 0.870 bits per heavy atom. The van der Waals surface area contributed by atoms with Gasteiger partial charge in [-0.2, -0.15) is 0 Å².